The highest BCUT2D eigenvalue weighted by molar-refractivity contribution is 5.92. The number of halogens is 6. The van der Waals surface area contributed by atoms with Gasteiger partial charge in [-0.3, -0.25) is 0 Å². The van der Waals surface area contributed by atoms with E-state index >= 15 is 26.3 Å². The van der Waals surface area contributed by atoms with Crippen molar-refractivity contribution in [3.8, 4) is 45.3 Å². The number of hydrogen-bond acceptors (Lipinski definition) is 4. The van der Waals surface area contributed by atoms with Gasteiger partial charge < -0.3 is 19.3 Å². The van der Waals surface area contributed by atoms with Crippen LogP contribution in [0.1, 0.15) is 118 Å². The summed E-state index contributed by atoms with van der Waals surface area (Å²) in [6.07, 6.45) is 4.84. The van der Waals surface area contributed by atoms with E-state index in [9.17, 15) is 0 Å². The Morgan fingerprint density at radius 3 is 0.972 bits per heavy atom. The minimum atomic E-state index is -1.07. The lowest BCUT2D eigenvalue weighted by molar-refractivity contribution is 0.349. The molecule has 4 aliphatic rings. The van der Waals surface area contributed by atoms with Crippen molar-refractivity contribution >= 4 is 46.3 Å². The number of hydrogen-bond donors (Lipinski definition) is 0. The van der Waals surface area contributed by atoms with Crippen LogP contribution in [0.15, 0.2) is 316 Å². The van der Waals surface area contributed by atoms with E-state index in [0.717, 1.165) is 112 Å². The summed E-state index contributed by atoms with van der Waals surface area (Å²) in [4.78, 5) is 3.61. The molecule has 109 heavy (non-hydrogen) atoms. The molecule has 0 fully saturated rings. The highest BCUT2D eigenvalue weighted by Gasteiger charge is 2.57. The Morgan fingerprint density at radius 1 is 0.303 bits per heavy atom. The van der Waals surface area contributed by atoms with Crippen molar-refractivity contribution in [3.05, 3.63) is 429 Å². The first-order valence-corrected chi connectivity index (χ1v) is 36.6. The summed E-state index contributed by atoms with van der Waals surface area (Å²) >= 11 is 0. The van der Waals surface area contributed by atoms with E-state index in [-0.39, 0.29) is 11.4 Å². The molecule has 0 heterocycles. The maximum absolute atomic E-state index is 17.4. The summed E-state index contributed by atoms with van der Waals surface area (Å²) < 4.78 is 111. The van der Waals surface area contributed by atoms with Crippen LogP contribution in [0.2, 0.25) is 0 Å². The smallest absolute Gasteiger partial charge is 0.182 e. The predicted molar refractivity (Wildman–Crippen MR) is 426 cm³/mol. The number of anilines is 6. The molecule has 0 amide bonds. The number of fused-ring (bicyclic) bond motifs is 10. The molecule has 1 spiro atoms. The lowest BCUT2D eigenvalue weighted by Gasteiger charge is -2.35. The fourth-order valence-electron chi connectivity index (χ4n) is 18.7. The lowest BCUT2D eigenvalue weighted by Crippen LogP contribution is -2.29. The molecular weight excluding hydrogens is 1360 g/mol. The zero-order chi connectivity index (χ0) is 74.9. The normalized spacial score (nSPS) is 17.7. The Balaban J connectivity index is 0.799. The van der Waals surface area contributed by atoms with Crippen LogP contribution in [0.25, 0.3) is 34.4 Å². The van der Waals surface area contributed by atoms with E-state index in [0.29, 0.717) is 58.6 Å². The molecule has 4 aliphatic carbocycles. The van der Waals surface area contributed by atoms with E-state index in [4.69, 9.17) is 9.47 Å². The van der Waals surface area contributed by atoms with Crippen LogP contribution in [0, 0.1) is 34.9 Å². The Kier molecular flexibility index (Phi) is 16.1. The summed E-state index contributed by atoms with van der Waals surface area (Å²) in [6.45, 7) is 16.8. The molecule has 0 radical (unpaired) electrons. The zero-order valence-corrected chi connectivity index (χ0v) is 60.3. The van der Waals surface area contributed by atoms with E-state index in [1.165, 1.54) is 36.4 Å². The standard InChI is InChI=1S/C99H72F6N2O2/c1-7-61-23-43-73(44-24-61)108-75-47-31-65(32-48-75)98(63-27-35-67(100)36-28-63)81-17-11-9-15-77(81)79-51-39-69(55-85(79)98)106(91-21-13-19-89(102)93(91)104)71-41-53-83-87(57-71)97(59-95(83,3)4)60-96(5,6)84-54-42-72(58-88(84)97)107(92-22-14-20-90(103)94(92)105)70-40-52-80-78-16-10-12-18-82(78)99(86(80)56-70,64-29-37-68(101)38-30-64)66-33-49-76(50-34-66)109-74-45-25-62(8-2)26-46-74/h7-58H,1-2,59-60H2,3-6H3. The van der Waals surface area contributed by atoms with Crippen molar-refractivity contribution in [2.45, 2.75) is 67.6 Å². The Labute approximate surface area is 630 Å². The van der Waals surface area contributed by atoms with Crippen molar-refractivity contribution in [1.29, 1.82) is 0 Å². The Bertz CT molecular complexity index is 5620. The SMILES string of the molecule is C=Cc1ccc(Oc2ccc(C3(c4ccc(F)cc4)c4ccccc4-c4ccc(N(c5ccc6c(c5)C5(CC6(C)C)CC(C)(C)c6ccc(N(c7ccc8c(c7)C(c7ccc(F)cc7)(c7ccc(Oc9ccc(C=C)cc9)cc7)c7ccccc7-8)c7cccc(F)c7F)cc65)c5cccc(F)c5F)cc43)cc2)cc1. The van der Waals surface area contributed by atoms with Crippen molar-refractivity contribution in [3.63, 3.8) is 0 Å². The van der Waals surface area contributed by atoms with Crippen LogP contribution in [0.5, 0.6) is 23.0 Å². The van der Waals surface area contributed by atoms with Crippen LogP contribution < -0.4 is 19.3 Å². The fourth-order valence-corrected chi connectivity index (χ4v) is 18.7. The maximum Gasteiger partial charge on any atom is 0.182 e. The van der Waals surface area contributed by atoms with Gasteiger partial charge >= 0.3 is 0 Å². The van der Waals surface area contributed by atoms with E-state index < -0.39 is 62.0 Å². The second-order valence-corrected chi connectivity index (χ2v) is 30.3. The third kappa shape index (κ3) is 10.8. The fraction of sp³-hybridized carbons (Fsp3) is 0.111. The quantitative estimate of drug-likeness (QED) is 0.0900. The molecule has 532 valence electrons. The van der Waals surface area contributed by atoms with E-state index in [2.05, 4.69) is 102 Å². The van der Waals surface area contributed by atoms with Gasteiger partial charge in [0.1, 0.15) is 34.6 Å². The second kappa shape index (κ2) is 25.8. The highest BCUT2D eigenvalue weighted by Crippen LogP contribution is 2.66. The Hall–Kier alpha value is -12.7. The van der Waals surface area contributed by atoms with Crippen LogP contribution in [0.3, 0.4) is 0 Å². The van der Waals surface area contributed by atoms with E-state index in [1.54, 1.807) is 34.1 Å². The summed E-state index contributed by atoms with van der Waals surface area (Å²) in [6, 6.07) is 94.0. The van der Waals surface area contributed by atoms with Gasteiger partial charge in [-0.25, -0.2) is 26.3 Å². The van der Waals surface area contributed by atoms with Gasteiger partial charge in [0.05, 0.1) is 22.2 Å². The summed E-state index contributed by atoms with van der Waals surface area (Å²) in [5.41, 5.74) is 15.1. The van der Waals surface area contributed by atoms with Gasteiger partial charge in [0.2, 0.25) is 0 Å². The van der Waals surface area contributed by atoms with Gasteiger partial charge in [0, 0.05) is 28.2 Å². The number of rotatable bonds is 16. The monoisotopic (exact) mass is 1430 g/mol. The van der Waals surface area contributed by atoms with Crippen molar-refractivity contribution in [2.24, 2.45) is 0 Å². The number of benzene rings is 14. The molecule has 14 aromatic rings. The summed E-state index contributed by atoms with van der Waals surface area (Å²) in [5, 5.41) is 0. The summed E-state index contributed by atoms with van der Waals surface area (Å²) in [5.74, 6) is -2.40. The minimum absolute atomic E-state index is 0.0170. The maximum atomic E-state index is 17.4. The molecule has 0 saturated carbocycles. The molecule has 4 nitrogen and oxygen atoms in total. The van der Waals surface area contributed by atoms with Crippen molar-refractivity contribution in [1.82, 2.24) is 0 Å². The molecule has 2 atom stereocenters. The van der Waals surface area contributed by atoms with E-state index in [1.807, 2.05) is 182 Å². The molecule has 18 rings (SSSR count). The average Bonchev–Trinajstić information content (AvgIpc) is 1.53. The van der Waals surface area contributed by atoms with Crippen LogP contribution >= 0.6 is 0 Å². The summed E-state index contributed by atoms with van der Waals surface area (Å²) in [7, 11) is 0. The second-order valence-electron chi connectivity index (χ2n) is 30.3. The van der Waals surface area contributed by atoms with Crippen LogP contribution in [0.4, 0.5) is 60.5 Å². The molecule has 0 saturated heterocycles. The van der Waals surface area contributed by atoms with Crippen molar-refractivity contribution < 1.29 is 35.8 Å². The van der Waals surface area contributed by atoms with Crippen molar-refractivity contribution in [2.75, 3.05) is 9.80 Å². The molecular formula is C99H72F6N2O2. The van der Waals surface area contributed by atoms with Gasteiger partial charge in [-0.2, -0.15) is 0 Å². The zero-order valence-electron chi connectivity index (χ0n) is 60.3. The van der Waals surface area contributed by atoms with Crippen LogP contribution in [-0.2, 0) is 27.1 Å². The third-order valence-electron chi connectivity index (χ3n) is 23.2. The molecule has 2 unspecified atom stereocenters. The van der Waals surface area contributed by atoms with Gasteiger partial charge in [0.25, 0.3) is 0 Å². The molecule has 0 aromatic heterocycles. The van der Waals surface area contributed by atoms with Crippen LogP contribution in [-0.4, -0.2) is 0 Å². The average molecular weight is 1440 g/mol. The van der Waals surface area contributed by atoms with Gasteiger partial charge in [-0.1, -0.05) is 211 Å². The molecule has 14 aromatic carbocycles. The first-order chi connectivity index (χ1) is 52.8. The van der Waals surface area contributed by atoms with Gasteiger partial charge in [-0.05, 0) is 269 Å². The largest absolute Gasteiger partial charge is 0.457 e. The van der Waals surface area contributed by atoms with Gasteiger partial charge in [-0.15, -0.1) is 0 Å². The lowest BCUT2D eigenvalue weighted by atomic mass is 9.67. The highest BCUT2D eigenvalue weighted by atomic mass is 19.2. The predicted octanol–water partition coefficient (Wildman–Crippen LogP) is 26.7. The first-order valence-electron chi connectivity index (χ1n) is 36.6. The van der Waals surface area contributed by atoms with Gasteiger partial charge in [0.15, 0.2) is 23.3 Å². The molecule has 0 N–H and O–H groups in total. The minimum Gasteiger partial charge on any atom is -0.457 e. The topological polar surface area (TPSA) is 24.9 Å². The Morgan fingerprint density at radius 2 is 0.615 bits per heavy atom. The number of nitrogens with zero attached hydrogens (tertiary/aromatic N) is 2. The third-order valence-corrected chi connectivity index (χ3v) is 23.2. The first kappa shape index (κ1) is 68.2. The number of ether oxygens (including phenoxy) is 2. The molecule has 0 aliphatic heterocycles. The molecule has 0 bridgehead atoms. The molecule has 10 heteroatoms.